The van der Waals surface area contributed by atoms with E-state index in [1.807, 2.05) is 31.3 Å². The predicted octanol–water partition coefficient (Wildman–Crippen LogP) is 2.73. The van der Waals surface area contributed by atoms with Crippen molar-refractivity contribution in [2.75, 3.05) is 14.2 Å². The Bertz CT molecular complexity index is 531. The number of aromatic nitrogens is 1. The fraction of sp³-hybridized carbons (Fsp3) is 0.267. The predicted molar refractivity (Wildman–Crippen MR) is 72.7 cm³/mol. The van der Waals surface area contributed by atoms with Crippen LogP contribution in [0, 0.1) is 5.82 Å². The summed E-state index contributed by atoms with van der Waals surface area (Å²) >= 11 is 0. The van der Waals surface area contributed by atoms with E-state index in [0.717, 1.165) is 11.3 Å². The van der Waals surface area contributed by atoms with E-state index in [1.165, 1.54) is 13.2 Å². The number of ether oxygens (including phenoxy) is 1. The Balaban J connectivity index is 2.20. The first kappa shape index (κ1) is 13.5. The Morgan fingerprint density at radius 3 is 2.74 bits per heavy atom. The molecule has 4 heteroatoms. The highest BCUT2D eigenvalue weighted by molar-refractivity contribution is 5.31. The van der Waals surface area contributed by atoms with Gasteiger partial charge in [-0.05, 0) is 36.9 Å². The number of nitrogens with one attached hydrogen (secondary N) is 1. The normalized spacial score (nSPS) is 12.2. The lowest BCUT2D eigenvalue weighted by atomic mass is 10.0. The first-order valence-corrected chi connectivity index (χ1v) is 6.15. The van der Waals surface area contributed by atoms with Crippen molar-refractivity contribution >= 4 is 0 Å². The molecule has 0 saturated carbocycles. The number of likely N-dealkylation sites (N-methyl/N-ethyl adjacent to an activating group) is 1. The van der Waals surface area contributed by atoms with Crippen molar-refractivity contribution in [1.82, 2.24) is 10.3 Å². The summed E-state index contributed by atoms with van der Waals surface area (Å²) < 4.78 is 18.6. The van der Waals surface area contributed by atoms with Crippen LogP contribution in [0.15, 0.2) is 42.6 Å². The number of hydrogen-bond acceptors (Lipinski definition) is 3. The van der Waals surface area contributed by atoms with Gasteiger partial charge >= 0.3 is 0 Å². The van der Waals surface area contributed by atoms with Gasteiger partial charge in [0.15, 0.2) is 11.6 Å². The van der Waals surface area contributed by atoms with Crippen molar-refractivity contribution in [3.8, 4) is 5.75 Å². The average Bonchev–Trinajstić information content (AvgIpc) is 2.46. The van der Waals surface area contributed by atoms with Crippen molar-refractivity contribution in [3.63, 3.8) is 0 Å². The molecule has 0 amide bonds. The summed E-state index contributed by atoms with van der Waals surface area (Å²) in [5.41, 5.74) is 1.85. The van der Waals surface area contributed by atoms with E-state index in [0.29, 0.717) is 6.42 Å². The Hall–Kier alpha value is -1.94. The maximum atomic E-state index is 13.7. The van der Waals surface area contributed by atoms with E-state index in [2.05, 4.69) is 10.3 Å². The number of halogens is 1. The Labute approximate surface area is 112 Å². The summed E-state index contributed by atoms with van der Waals surface area (Å²) in [6.07, 6.45) is 2.47. The quantitative estimate of drug-likeness (QED) is 0.897. The van der Waals surface area contributed by atoms with Gasteiger partial charge < -0.3 is 10.1 Å². The van der Waals surface area contributed by atoms with E-state index in [-0.39, 0.29) is 17.6 Å². The first-order valence-electron chi connectivity index (χ1n) is 6.15. The van der Waals surface area contributed by atoms with Crippen LogP contribution < -0.4 is 10.1 Å². The van der Waals surface area contributed by atoms with Crippen molar-refractivity contribution in [3.05, 3.63) is 59.7 Å². The summed E-state index contributed by atoms with van der Waals surface area (Å²) in [6.45, 7) is 0. The molecule has 1 atom stereocenters. The molecule has 3 nitrogen and oxygen atoms in total. The number of nitrogens with zero attached hydrogens (tertiary/aromatic N) is 1. The van der Waals surface area contributed by atoms with Gasteiger partial charge in [0.1, 0.15) is 0 Å². The van der Waals surface area contributed by atoms with Crippen molar-refractivity contribution in [2.24, 2.45) is 0 Å². The van der Waals surface area contributed by atoms with Gasteiger partial charge in [-0.25, -0.2) is 4.39 Å². The first-order chi connectivity index (χ1) is 9.24. The van der Waals surface area contributed by atoms with Gasteiger partial charge in [0.05, 0.1) is 7.11 Å². The van der Waals surface area contributed by atoms with Gasteiger partial charge in [-0.2, -0.15) is 0 Å². The molecule has 1 aromatic carbocycles. The fourth-order valence-corrected chi connectivity index (χ4v) is 2.01. The highest BCUT2D eigenvalue weighted by Gasteiger charge is 2.13. The second-order valence-electron chi connectivity index (χ2n) is 4.26. The molecule has 0 aliphatic rings. The number of rotatable bonds is 5. The summed E-state index contributed by atoms with van der Waals surface area (Å²) in [6, 6.07) is 10.8. The van der Waals surface area contributed by atoms with Gasteiger partial charge in [-0.3, -0.25) is 4.98 Å². The molecule has 0 aliphatic carbocycles. The van der Waals surface area contributed by atoms with Crippen LogP contribution in [0.4, 0.5) is 4.39 Å². The van der Waals surface area contributed by atoms with E-state index >= 15 is 0 Å². The van der Waals surface area contributed by atoms with Crippen molar-refractivity contribution < 1.29 is 9.13 Å². The molecule has 19 heavy (non-hydrogen) atoms. The molecule has 0 aliphatic heterocycles. The zero-order valence-electron chi connectivity index (χ0n) is 11.1. The second-order valence-corrected chi connectivity index (χ2v) is 4.26. The Kier molecular flexibility index (Phi) is 4.47. The lowest BCUT2D eigenvalue weighted by molar-refractivity contribution is 0.385. The highest BCUT2D eigenvalue weighted by atomic mass is 19.1. The molecular formula is C15H17FN2O. The third kappa shape index (κ3) is 3.29. The largest absolute Gasteiger partial charge is 0.494 e. The molecule has 0 spiro atoms. The van der Waals surface area contributed by atoms with Crippen LogP contribution in [0.1, 0.15) is 17.3 Å². The van der Waals surface area contributed by atoms with Gasteiger partial charge in [-0.1, -0.05) is 12.1 Å². The molecule has 0 radical (unpaired) electrons. The monoisotopic (exact) mass is 260 g/mol. The van der Waals surface area contributed by atoms with Gasteiger partial charge in [0.25, 0.3) is 0 Å². The maximum absolute atomic E-state index is 13.7. The minimum absolute atomic E-state index is 0.0234. The Morgan fingerprint density at radius 2 is 2.16 bits per heavy atom. The number of pyridine rings is 1. The van der Waals surface area contributed by atoms with E-state index in [9.17, 15) is 4.39 Å². The zero-order chi connectivity index (χ0) is 13.7. The Morgan fingerprint density at radius 1 is 1.32 bits per heavy atom. The van der Waals surface area contributed by atoms with Gasteiger partial charge in [-0.15, -0.1) is 0 Å². The third-order valence-electron chi connectivity index (χ3n) is 3.07. The van der Waals surface area contributed by atoms with Crippen molar-refractivity contribution in [1.29, 1.82) is 0 Å². The maximum Gasteiger partial charge on any atom is 0.165 e. The molecular weight excluding hydrogens is 243 g/mol. The number of benzene rings is 1. The molecule has 1 aromatic heterocycles. The molecule has 100 valence electrons. The summed E-state index contributed by atoms with van der Waals surface area (Å²) in [5.74, 6) is -0.0855. The highest BCUT2D eigenvalue weighted by Crippen LogP contribution is 2.23. The molecule has 0 fully saturated rings. The summed E-state index contributed by atoms with van der Waals surface area (Å²) in [7, 11) is 3.32. The van der Waals surface area contributed by atoms with Crippen LogP contribution in [-0.2, 0) is 6.42 Å². The number of hydrogen-bond donors (Lipinski definition) is 1. The van der Waals surface area contributed by atoms with Crippen LogP contribution in [0.3, 0.4) is 0 Å². The van der Waals surface area contributed by atoms with Gasteiger partial charge in [0.2, 0.25) is 0 Å². The smallest absolute Gasteiger partial charge is 0.165 e. The van der Waals surface area contributed by atoms with E-state index < -0.39 is 0 Å². The van der Waals surface area contributed by atoms with E-state index in [1.54, 1.807) is 12.3 Å². The van der Waals surface area contributed by atoms with Crippen LogP contribution in [0.2, 0.25) is 0 Å². The molecule has 2 rings (SSSR count). The minimum Gasteiger partial charge on any atom is -0.494 e. The molecule has 1 heterocycles. The minimum atomic E-state index is -0.346. The molecule has 2 aromatic rings. The SMILES string of the molecule is CNC(Cc1ccccn1)c1ccc(OC)c(F)c1. The molecule has 1 unspecified atom stereocenters. The topological polar surface area (TPSA) is 34.2 Å². The molecule has 1 N–H and O–H groups in total. The summed E-state index contributed by atoms with van der Waals surface area (Å²) in [4.78, 5) is 4.29. The summed E-state index contributed by atoms with van der Waals surface area (Å²) in [5, 5.41) is 3.18. The lowest BCUT2D eigenvalue weighted by Crippen LogP contribution is -2.19. The molecule has 0 saturated heterocycles. The van der Waals surface area contributed by atoms with Crippen molar-refractivity contribution in [2.45, 2.75) is 12.5 Å². The van der Waals surface area contributed by atoms with Gasteiger partial charge in [0, 0.05) is 24.4 Å². The molecule has 0 bridgehead atoms. The average molecular weight is 260 g/mol. The third-order valence-corrected chi connectivity index (χ3v) is 3.07. The van der Waals surface area contributed by atoms with E-state index in [4.69, 9.17) is 4.74 Å². The lowest BCUT2D eigenvalue weighted by Gasteiger charge is -2.17. The van der Waals surface area contributed by atoms with Crippen LogP contribution in [0.25, 0.3) is 0 Å². The number of methoxy groups -OCH3 is 1. The fourth-order valence-electron chi connectivity index (χ4n) is 2.01. The van der Waals surface area contributed by atoms with Crippen LogP contribution >= 0.6 is 0 Å². The second kappa shape index (κ2) is 6.29. The standard InChI is InChI=1S/C15H17FN2O/c1-17-14(10-12-5-3-4-8-18-12)11-6-7-15(19-2)13(16)9-11/h3-9,14,17H,10H2,1-2H3. The zero-order valence-corrected chi connectivity index (χ0v) is 11.1. The van der Waals surface area contributed by atoms with Crippen LogP contribution in [-0.4, -0.2) is 19.1 Å². The van der Waals surface area contributed by atoms with Crippen LogP contribution in [0.5, 0.6) is 5.75 Å².